The molecule has 1 aromatic heterocycles. The lowest BCUT2D eigenvalue weighted by Crippen LogP contribution is -2.37. The summed E-state index contributed by atoms with van der Waals surface area (Å²) in [6, 6.07) is 11.4. The van der Waals surface area contributed by atoms with Crippen molar-refractivity contribution in [3.8, 4) is 34.7 Å². The Bertz CT molecular complexity index is 1460. The fourth-order valence-corrected chi connectivity index (χ4v) is 4.76. The smallest absolute Gasteiger partial charge is 0.407 e. The number of benzene rings is 2. The maximum atomic E-state index is 12.8. The van der Waals surface area contributed by atoms with Crippen LogP contribution in [0.2, 0.25) is 0 Å². The number of hydrogen-bond acceptors (Lipinski definition) is 8. The highest BCUT2D eigenvalue weighted by molar-refractivity contribution is 5.77. The monoisotopic (exact) mass is 559 g/mol. The van der Waals surface area contributed by atoms with Gasteiger partial charge in [-0.3, -0.25) is 4.79 Å². The molecule has 1 aliphatic rings. The Hall–Kier alpha value is -4.39. The van der Waals surface area contributed by atoms with Crippen LogP contribution in [0.1, 0.15) is 69.7 Å². The van der Waals surface area contributed by atoms with Crippen molar-refractivity contribution in [2.24, 2.45) is 0 Å². The van der Waals surface area contributed by atoms with Gasteiger partial charge in [-0.1, -0.05) is 17.3 Å². The number of aromatic nitrogens is 2. The number of carbonyl (C=O) groups is 2. The Balaban J connectivity index is 1.39. The van der Waals surface area contributed by atoms with Gasteiger partial charge in [-0.2, -0.15) is 10.2 Å². The quantitative estimate of drug-likeness (QED) is 0.355. The molecule has 1 N–H and O–H groups in total. The summed E-state index contributed by atoms with van der Waals surface area (Å²) < 4.78 is 16.5. The van der Waals surface area contributed by atoms with Crippen molar-refractivity contribution >= 4 is 12.0 Å². The lowest BCUT2D eigenvalue weighted by atomic mass is 9.91. The highest BCUT2D eigenvalue weighted by atomic mass is 16.6. The van der Waals surface area contributed by atoms with Gasteiger partial charge in [0.1, 0.15) is 17.4 Å². The number of amides is 2. The van der Waals surface area contributed by atoms with Gasteiger partial charge in [0.15, 0.2) is 0 Å². The fourth-order valence-electron chi connectivity index (χ4n) is 4.76. The van der Waals surface area contributed by atoms with Crippen LogP contribution in [0, 0.1) is 18.3 Å². The summed E-state index contributed by atoms with van der Waals surface area (Å²) in [6.07, 6.45) is 1.10. The molecule has 2 heterocycles. The van der Waals surface area contributed by atoms with Gasteiger partial charge >= 0.3 is 6.09 Å². The Kier molecular flexibility index (Phi) is 8.96. The van der Waals surface area contributed by atoms with E-state index in [4.69, 9.17) is 14.0 Å². The molecule has 10 nitrogen and oxygen atoms in total. The normalized spacial score (nSPS) is 13.0. The van der Waals surface area contributed by atoms with E-state index in [0.717, 1.165) is 23.1 Å². The van der Waals surface area contributed by atoms with Crippen LogP contribution in [0.15, 0.2) is 34.9 Å². The molecule has 0 atom stereocenters. The number of alkyl carbamates (subject to hydrolysis) is 1. The van der Waals surface area contributed by atoms with Crippen molar-refractivity contribution < 1.29 is 23.6 Å². The molecule has 0 spiro atoms. The molecule has 0 unspecified atom stereocenters. The van der Waals surface area contributed by atoms with Crippen LogP contribution in [0.25, 0.3) is 22.8 Å². The molecule has 0 fully saturated rings. The molecule has 0 bridgehead atoms. The number of carbonyl (C=O) groups excluding carboxylic acids is 2. The molecule has 216 valence electrons. The second kappa shape index (κ2) is 12.4. The predicted octanol–water partition coefficient (Wildman–Crippen LogP) is 5.56. The Morgan fingerprint density at radius 1 is 1.22 bits per heavy atom. The molecular formula is C31H37N5O5. The van der Waals surface area contributed by atoms with Gasteiger partial charge in [0, 0.05) is 37.2 Å². The van der Waals surface area contributed by atoms with Gasteiger partial charge in [-0.05, 0) is 89.3 Å². The van der Waals surface area contributed by atoms with E-state index in [2.05, 4.69) is 21.5 Å². The van der Waals surface area contributed by atoms with E-state index in [1.807, 2.05) is 58.6 Å². The standard InChI is InChI=1S/C31H37N5O5/c1-19(2)39-26-12-10-21(16-23(26)17-32)29-34-28(35-41-29)25-11-9-22-18-36(15-13-24(22)20(25)3)27(37)8-7-14-33-30(38)40-31(4,5)6/h9-12,16,19H,7-8,13-15,18H2,1-6H3,(H,33,38). The molecule has 41 heavy (non-hydrogen) atoms. The summed E-state index contributed by atoms with van der Waals surface area (Å²) in [4.78, 5) is 31.1. The third-order valence-electron chi connectivity index (χ3n) is 6.65. The zero-order valence-corrected chi connectivity index (χ0v) is 24.5. The molecule has 0 saturated heterocycles. The number of nitrogens with one attached hydrogen (secondary N) is 1. The highest BCUT2D eigenvalue weighted by Crippen LogP contribution is 2.32. The first-order chi connectivity index (χ1) is 19.4. The third-order valence-corrected chi connectivity index (χ3v) is 6.65. The van der Waals surface area contributed by atoms with Crippen molar-refractivity contribution in [1.82, 2.24) is 20.4 Å². The highest BCUT2D eigenvalue weighted by Gasteiger charge is 2.24. The summed E-state index contributed by atoms with van der Waals surface area (Å²) in [6.45, 7) is 12.8. The van der Waals surface area contributed by atoms with Crippen molar-refractivity contribution in [3.63, 3.8) is 0 Å². The molecule has 4 rings (SSSR count). The van der Waals surface area contributed by atoms with E-state index in [1.165, 1.54) is 5.56 Å². The SMILES string of the molecule is Cc1c(-c2noc(-c3ccc(OC(C)C)c(C#N)c3)n2)ccc2c1CCN(C(=O)CCCNC(=O)OC(C)(C)C)C2. The van der Waals surface area contributed by atoms with E-state index in [9.17, 15) is 14.9 Å². The lowest BCUT2D eigenvalue weighted by Gasteiger charge is -2.30. The summed E-state index contributed by atoms with van der Waals surface area (Å²) in [5, 5.41) is 16.5. The van der Waals surface area contributed by atoms with Gasteiger partial charge in [0.05, 0.1) is 11.7 Å². The van der Waals surface area contributed by atoms with Crippen LogP contribution >= 0.6 is 0 Å². The minimum Gasteiger partial charge on any atom is -0.490 e. The van der Waals surface area contributed by atoms with E-state index in [0.29, 0.717) is 61.1 Å². The van der Waals surface area contributed by atoms with Gasteiger partial charge in [-0.25, -0.2) is 4.79 Å². The molecule has 2 amide bonds. The molecule has 0 radical (unpaired) electrons. The first kappa shape index (κ1) is 29.6. The fraction of sp³-hybridized carbons (Fsp3) is 0.452. The Labute approximate surface area is 240 Å². The summed E-state index contributed by atoms with van der Waals surface area (Å²) in [5.74, 6) is 1.37. The van der Waals surface area contributed by atoms with E-state index >= 15 is 0 Å². The van der Waals surface area contributed by atoms with Crippen LogP contribution < -0.4 is 10.1 Å². The third kappa shape index (κ3) is 7.42. The molecule has 3 aromatic rings. The minimum atomic E-state index is -0.553. The minimum absolute atomic E-state index is 0.0479. The number of hydrogen-bond donors (Lipinski definition) is 1. The van der Waals surface area contributed by atoms with E-state index in [-0.39, 0.29) is 12.0 Å². The Morgan fingerprint density at radius 2 is 2.00 bits per heavy atom. The van der Waals surface area contributed by atoms with Gasteiger partial charge in [-0.15, -0.1) is 0 Å². The first-order valence-corrected chi connectivity index (χ1v) is 13.9. The number of fused-ring (bicyclic) bond motifs is 1. The summed E-state index contributed by atoms with van der Waals surface area (Å²) >= 11 is 0. The number of rotatable bonds is 8. The summed E-state index contributed by atoms with van der Waals surface area (Å²) in [5.41, 5.74) is 4.70. The molecule has 1 aliphatic heterocycles. The second-order valence-electron chi connectivity index (χ2n) is 11.4. The van der Waals surface area contributed by atoms with E-state index < -0.39 is 11.7 Å². The van der Waals surface area contributed by atoms with Gasteiger partial charge in [0.25, 0.3) is 5.89 Å². The topological polar surface area (TPSA) is 131 Å². The molecule has 10 heteroatoms. The van der Waals surface area contributed by atoms with Gasteiger partial charge < -0.3 is 24.2 Å². The van der Waals surface area contributed by atoms with Crippen LogP contribution in [-0.2, 0) is 22.5 Å². The molecule has 0 saturated carbocycles. The average molecular weight is 560 g/mol. The molecule has 0 aliphatic carbocycles. The Morgan fingerprint density at radius 3 is 2.71 bits per heavy atom. The van der Waals surface area contributed by atoms with Crippen molar-refractivity contribution in [2.75, 3.05) is 13.1 Å². The van der Waals surface area contributed by atoms with Crippen LogP contribution in [-0.4, -0.2) is 51.8 Å². The second-order valence-corrected chi connectivity index (χ2v) is 11.4. The van der Waals surface area contributed by atoms with Crippen molar-refractivity contribution in [1.29, 1.82) is 5.26 Å². The van der Waals surface area contributed by atoms with Crippen LogP contribution in [0.3, 0.4) is 0 Å². The largest absolute Gasteiger partial charge is 0.490 e. The number of nitriles is 1. The van der Waals surface area contributed by atoms with Crippen molar-refractivity contribution in [3.05, 3.63) is 52.6 Å². The molecule has 2 aromatic carbocycles. The zero-order valence-electron chi connectivity index (χ0n) is 24.5. The maximum Gasteiger partial charge on any atom is 0.407 e. The average Bonchev–Trinajstić information content (AvgIpc) is 3.40. The number of nitrogens with zero attached hydrogens (tertiary/aromatic N) is 4. The molecular weight excluding hydrogens is 522 g/mol. The summed E-state index contributed by atoms with van der Waals surface area (Å²) in [7, 11) is 0. The predicted molar refractivity (Wildman–Crippen MR) is 153 cm³/mol. The number of ether oxygens (including phenoxy) is 2. The maximum absolute atomic E-state index is 12.8. The lowest BCUT2D eigenvalue weighted by molar-refractivity contribution is -0.132. The van der Waals surface area contributed by atoms with Crippen LogP contribution in [0.5, 0.6) is 5.75 Å². The van der Waals surface area contributed by atoms with E-state index in [1.54, 1.807) is 18.2 Å². The van der Waals surface area contributed by atoms with Gasteiger partial charge in [0.2, 0.25) is 11.7 Å². The zero-order chi connectivity index (χ0) is 29.7. The van der Waals surface area contributed by atoms with Crippen LogP contribution in [0.4, 0.5) is 4.79 Å². The van der Waals surface area contributed by atoms with Crippen molar-refractivity contribution in [2.45, 2.75) is 79.1 Å². The first-order valence-electron chi connectivity index (χ1n) is 13.9.